The summed E-state index contributed by atoms with van der Waals surface area (Å²) in [6.45, 7) is 14.7. The van der Waals surface area contributed by atoms with E-state index in [1.54, 1.807) is 55.7 Å². The summed E-state index contributed by atoms with van der Waals surface area (Å²) >= 11 is 12.5. The quantitative estimate of drug-likeness (QED) is 0.119. The lowest BCUT2D eigenvalue weighted by Gasteiger charge is -2.20. The van der Waals surface area contributed by atoms with Crippen molar-refractivity contribution in [2.45, 2.75) is 141 Å². The molecule has 0 saturated carbocycles. The number of nitrogens with zero attached hydrogens (tertiary/aromatic N) is 15. The van der Waals surface area contributed by atoms with Gasteiger partial charge >= 0.3 is 30.2 Å². The van der Waals surface area contributed by atoms with E-state index in [4.69, 9.17) is 44.2 Å². The van der Waals surface area contributed by atoms with Gasteiger partial charge in [-0.25, -0.2) is 48.0 Å². The second kappa shape index (κ2) is 29.0. The van der Waals surface area contributed by atoms with Crippen LogP contribution in [0.1, 0.15) is 98.9 Å². The van der Waals surface area contributed by atoms with Crippen molar-refractivity contribution in [1.82, 2.24) is 24.5 Å². The smallest absolute Gasteiger partial charge is 0.332 e. The van der Waals surface area contributed by atoms with Gasteiger partial charge in [0.25, 0.3) is 23.6 Å². The van der Waals surface area contributed by atoms with Gasteiger partial charge in [-0.3, -0.25) is 24.1 Å². The first-order chi connectivity index (χ1) is 49.4. The molecule has 0 aliphatic carbocycles. The van der Waals surface area contributed by atoms with Crippen LogP contribution in [0, 0.1) is 111 Å². The summed E-state index contributed by atoms with van der Waals surface area (Å²) in [7, 11) is 0. The fraction of sp³-hybridized carbons (Fsp3) is 0.389. The molecule has 5 aromatic carbocycles. The fourth-order valence-electron chi connectivity index (χ4n) is 14.8. The minimum Gasteiger partial charge on any atom is -0.391 e. The van der Waals surface area contributed by atoms with Gasteiger partial charge in [0.2, 0.25) is 0 Å². The first-order valence-electron chi connectivity index (χ1n) is 33.1. The molecule has 10 fully saturated rings. The highest BCUT2D eigenvalue weighted by atomic mass is 35.5. The monoisotopic (exact) mass is 1460 g/mol. The zero-order valence-corrected chi connectivity index (χ0v) is 58.6. The van der Waals surface area contributed by atoms with Gasteiger partial charge in [0.05, 0.1) is 111 Å². The SMILES string of the molecule is Cc1c(C#N)ccc(N2C(=O)[C@@H]3[C@H](O)CCN3C2=O)c1C.Cc1c(C#N)ccc(N2C(=O)[C@@H]3[C@H](O)CCN3C2=O)c1Cl.Cc1c(N2C(=O)[C@@H]3[C@H](O)CCN3C2=O)ccc(C#N)c1C#N.Cc1c(N2C(=O)[C@@H]3[C@H](O)CCN3C2=O)ccc(C#N)c1F.Cc1ccc(N2C[C@@H]3[C@H](O)CCN3C2=O)c(C)c1Cl. The van der Waals surface area contributed by atoms with Crippen molar-refractivity contribution in [2.24, 2.45) is 0 Å². The fourth-order valence-corrected chi connectivity index (χ4v) is 15.2. The summed E-state index contributed by atoms with van der Waals surface area (Å²) in [5.74, 6) is -2.67. The maximum absolute atomic E-state index is 14.0. The van der Waals surface area contributed by atoms with Crippen LogP contribution in [0.3, 0.4) is 0 Å². The zero-order valence-electron chi connectivity index (χ0n) is 57.1. The molecule has 29 nitrogen and oxygen atoms in total. The Kier molecular flexibility index (Phi) is 20.6. The molecule has 0 aromatic heterocycles. The van der Waals surface area contributed by atoms with Crippen LogP contribution in [0.4, 0.5) is 56.8 Å². The van der Waals surface area contributed by atoms with E-state index in [0.29, 0.717) is 104 Å². The van der Waals surface area contributed by atoms with Crippen molar-refractivity contribution in [3.05, 3.63) is 143 Å². The molecule has 5 N–H and O–H groups in total. The van der Waals surface area contributed by atoms with Gasteiger partial charge in [-0.1, -0.05) is 29.3 Å². The van der Waals surface area contributed by atoms with Gasteiger partial charge in [-0.2, -0.15) is 26.3 Å². The van der Waals surface area contributed by atoms with Crippen molar-refractivity contribution >= 4 is 105 Å². The van der Waals surface area contributed by atoms with Crippen LogP contribution >= 0.6 is 23.2 Å². The van der Waals surface area contributed by atoms with Gasteiger partial charge in [-0.15, -0.1) is 0 Å². The van der Waals surface area contributed by atoms with Gasteiger partial charge in [-0.05, 0) is 169 Å². The Balaban J connectivity index is 0.000000130. The average Bonchev–Trinajstić information content (AvgIpc) is 1.62. The molecule has 10 heterocycles. The Morgan fingerprint density at radius 2 is 0.712 bits per heavy atom. The first-order valence-corrected chi connectivity index (χ1v) is 33.8. The van der Waals surface area contributed by atoms with E-state index in [2.05, 4.69) is 6.07 Å². The predicted molar refractivity (Wildman–Crippen MR) is 369 cm³/mol. The number of carbonyl (C=O) groups excluding carboxylic acids is 9. The lowest BCUT2D eigenvalue weighted by Crippen LogP contribution is -2.36. The third-order valence-corrected chi connectivity index (χ3v) is 21.8. The highest BCUT2D eigenvalue weighted by molar-refractivity contribution is 6.37. The van der Waals surface area contributed by atoms with Crippen LogP contribution in [0.5, 0.6) is 0 Å². The molecule has 104 heavy (non-hydrogen) atoms. The summed E-state index contributed by atoms with van der Waals surface area (Å²) in [5.41, 5.74) is 7.50. The molecular weight excluding hydrogens is 1390 g/mol. The van der Waals surface area contributed by atoms with Crippen molar-refractivity contribution in [2.75, 3.05) is 63.8 Å². The number of aryl methyl sites for hydroxylation is 1. The van der Waals surface area contributed by atoms with Gasteiger partial charge in [0, 0.05) is 49.0 Å². The summed E-state index contributed by atoms with van der Waals surface area (Å²) in [6.07, 6.45) is -1.56. The molecule has 10 aliphatic rings. The Morgan fingerprint density at radius 3 is 1.12 bits per heavy atom. The second-order valence-electron chi connectivity index (χ2n) is 26.4. The summed E-state index contributed by atoms with van der Waals surface area (Å²) in [6, 6.07) is 19.9. The number of nitriles is 5. The Hall–Kier alpha value is -11.1. The van der Waals surface area contributed by atoms with Crippen molar-refractivity contribution < 1.29 is 73.1 Å². The normalized spacial score (nSPS) is 24.6. The molecule has 536 valence electrons. The number of rotatable bonds is 5. The minimum absolute atomic E-state index is 0.0235. The number of carbonyl (C=O) groups is 9. The summed E-state index contributed by atoms with van der Waals surface area (Å²) < 4.78 is 14.0. The zero-order chi connectivity index (χ0) is 75.7. The van der Waals surface area contributed by atoms with Crippen LogP contribution < -0.4 is 24.5 Å². The van der Waals surface area contributed by atoms with Gasteiger partial charge in [0.1, 0.15) is 48.2 Å². The van der Waals surface area contributed by atoms with Crippen LogP contribution in [0.25, 0.3) is 0 Å². The molecule has 10 saturated heterocycles. The van der Waals surface area contributed by atoms with Gasteiger partial charge < -0.3 is 50.0 Å². The van der Waals surface area contributed by atoms with E-state index in [1.807, 2.05) is 44.2 Å². The average molecular weight is 1460 g/mol. The molecule has 0 spiro atoms. The molecule has 5 aromatic rings. The molecule has 14 amide bonds. The number of urea groups is 5. The third-order valence-electron chi connectivity index (χ3n) is 20.8. The highest BCUT2D eigenvalue weighted by Crippen LogP contribution is 2.42. The second-order valence-corrected chi connectivity index (χ2v) is 27.1. The molecule has 15 rings (SSSR count). The number of imide groups is 4. The molecule has 32 heteroatoms. The van der Waals surface area contributed by atoms with Crippen molar-refractivity contribution in [3.8, 4) is 30.3 Å². The topological polar surface area (TPSA) is 406 Å². The van der Waals surface area contributed by atoms with Crippen molar-refractivity contribution in [1.29, 1.82) is 26.3 Å². The summed E-state index contributed by atoms with van der Waals surface area (Å²) in [4.78, 5) is 124. The number of aliphatic hydroxyl groups excluding tert-OH is 5. The number of benzene rings is 5. The van der Waals surface area contributed by atoms with Gasteiger partial charge in [0.15, 0.2) is 0 Å². The Labute approximate surface area is 605 Å². The largest absolute Gasteiger partial charge is 0.391 e. The van der Waals surface area contributed by atoms with E-state index in [9.17, 15) is 78.3 Å². The third kappa shape index (κ3) is 12.2. The number of hydrogen-bond acceptors (Lipinski definition) is 19. The van der Waals surface area contributed by atoms with E-state index >= 15 is 0 Å². The number of hydrogen-bond donors (Lipinski definition) is 5. The van der Waals surface area contributed by atoms with Crippen LogP contribution in [0.2, 0.25) is 10.0 Å². The maximum atomic E-state index is 14.0. The predicted octanol–water partition coefficient (Wildman–Crippen LogP) is 6.38. The number of anilines is 5. The summed E-state index contributed by atoms with van der Waals surface area (Å²) in [5, 5.41) is 95.2. The van der Waals surface area contributed by atoms with Crippen LogP contribution in [-0.2, 0) is 19.2 Å². The van der Waals surface area contributed by atoms with E-state index in [-0.39, 0.29) is 56.4 Å². The highest BCUT2D eigenvalue weighted by Gasteiger charge is 2.57. The lowest BCUT2D eigenvalue weighted by atomic mass is 10.0. The van der Waals surface area contributed by atoms with Crippen LogP contribution in [0.15, 0.2) is 60.7 Å². The molecule has 10 aliphatic heterocycles. The van der Waals surface area contributed by atoms with Crippen LogP contribution in [-0.4, -0.2) is 204 Å². The maximum Gasteiger partial charge on any atom is 0.332 e. The minimum atomic E-state index is -0.894. The van der Waals surface area contributed by atoms with E-state index < -0.39 is 108 Å². The number of aliphatic hydroxyl groups is 5. The number of fused-ring (bicyclic) bond motifs is 5. The van der Waals surface area contributed by atoms with E-state index in [1.165, 1.54) is 62.9 Å². The number of halogens is 3. The first kappa shape index (κ1) is 74.1. The standard InChI is InChI=1S/C15H12N4O3.C15H15N3O3.C14H12ClN3O3.C14H17ClN2O2.C14H12FN3O3/c1-8-10(7-17)9(6-16)2-3-11(8)19-14(21)13-12(20)4-5-18(13)15(19)22;1-8-9(2)11(4-3-10(8)7-16)18-14(20)13-12(19)5-6-17(13)15(18)21;1-7-8(6-16)2-3-9(11(7)15)18-13(20)12-10(19)4-5-17(12)14(18)21;1-8-3-4-10(9(2)13(8)15)17-7-11-12(18)5-6-16(11)14(17)19;1-7-9(3-2-8(6-16)11(7)15)18-13(20)12-10(19)4-5-17(12)14(18)21/h2-3,12-13,20H,4-5H2,1H3;3-4,12-13,19H,5-6H2,1-2H3;2-3,10,12,19H,4-5H2,1H3;3-4,11-12,18H,5-7H2,1-2H3;2-3,10,12,19H,4-5H2,1H3/t2*12-,13+;10-,12+;11-,12-;10-,12+/m11111/s1. The molecule has 0 unspecified atom stereocenters. The molecule has 0 radical (unpaired) electrons. The lowest BCUT2D eigenvalue weighted by molar-refractivity contribution is -0.122. The van der Waals surface area contributed by atoms with E-state index in [0.717, 1.165) is 47.5 Å². The molecule has 10 atom stereocenters. The molecule has 0 bridgehead atoms. The Morgan fingerprint density at radius 1 is 0.365 bits per heavy atom. The Bertz CT molecular complexity index is 4490. The van der Waals surface area contributed by atoms with Crippen molar-refractivity contribution in [3.63, 3.8) is 0 Å². The molecular formula is C72H68Cl2FN15O14. The number of amides is 14.